The zero-order valence-electron chi connectivity index (χ0n) is 11.1. The van der Waals surface area contributed by atoms with Crippen molar-refractivity contribution in [3.63, 3.8) is 0 Å². The SMILES string of the molecule is CC(CC1CC1)NC(=O)Nc1ccc(Cl)c(C(=O)O)c1. The van der Waals surface area contributed by atoms with Crippen molar-refractivity contribution in [3.8, 4) is 0 Å². The Balaban J connectivity index is 1.93. The molecule has 108 valence electrons. The molecule has 0 spiro atoms. The van der Waals surface area contributed by atoms with Gasteiger partial charge in [-0.05, 0) is 37.5 Å². The van der Waals surface area contributed by atoms with Crippen LogP contribution in [0.5, 0.6) is 0 Å². The van der Waals surface area contributed by atoms with Gasteiger partial charge in [-0.2, -0.15) is 0 Å². The number of carboxylic acid groups (broad SMARTS) is 1. The number of carboxylic acids is 1. The van der Waals surface area contributed by atoms with Crippen LogP contribution in [0.2, 0.25) is 5.02 Å². The Morgan fingerprint density at radius 2 is 2.15 bits per heavy atom. The number of amides is 2. The van der Waals surface area contributed by atoms with Crippen LogP contribution in [0.15, 0.2) is 18.2 Å². The molecule has 6 heteroatoms. The van der Waals surface area contributed by atoms with Gasteiger partial charge in [0.15, 0.2) is 0 Å². The maximum absolute atomic E-state index is 11.8. The first-order chi connectivity index (χ1) is 9.45. The number of carbonyl (C=O) groups is 2. The maximum atomic E-state index is 11.8. The second-order valence-corrected chi connectivity index (χ2v) is 5.59. The van der Waals surface area contributed by atoms with Crippen molar-refractivity contribution in [1.29, 1.82) is 0 Å². The fraction of sp³-hybridized carbons (Fsp3) is 0.429. The third-order valence-corrected chi connectivity index (χ3v) is 3.55. The average molecular weight is 297 g/mol. The topological polar surface area (TPSA) is 78.4 Å². The Morgan fingerprint density at radius 1 is 1.45 bits per heavy atom. The summed E-state index contributed by atoms with van der Waals surface area (Å²) in [5.41, 5.74) is 0.374. The van der Waals surface area contributed by atoms with Crippen molar-refractivity contribution in [3.05, 3.63) is 28.8 Å². The van der Waals surface area contributed by atoms with Gasteiger partial charge in [-0.15, -0.1) is 0 Å². The smallest absolute Gasteiger partial charge is 0.337 e. The lowest BCUT2D eigenvalue weighted by molar-refractivity contribution is 0.0697. The molecular formula is C14H17ClN2O3. The van der Waals surface area contributed by atoms with E-state index in [9.17, 15) is 9.59 Å². The van der Waals surface area contributed by atoms with E-state index in [1.807, 2.05) is 6.92 Å². The molecule has 0 saturated heterocycles. The van der Waals surface area contributed by atoms with Gasteiger partial charge in [0, 0.05) is 11.7 Å². The minimum Gasteiger partial charge on any atom is -0.478 e. The molecule has 1 aromatic rings. The monoisotopic (exact) mass is 296 g/mol. The van der Waals surface area contributed by atoms with Crippen LogP contribution >= 0.6 is 11.6 Å². The maximum Gasteiger partial charge on any atom is 0.337 e. The van der Waals surface area contributed by atoms with Crippen molar-refractivity contribution in [2.75, 3.05) is 5.32 Å². The van der Waals surface area contributed by atoms with Gasteiger partial charge in [-0.1, -0.05) is 24.4 Å². The fourth-order valence-corrected chi connectivity index (χ4v) is 2.27. The Bertz CT molecular complexity index is 529. The summed E-state index contributed by atoms with van der Waals surface area (Å²) in [6.45, 7) is 1.96. The van der Waals surface area contributed by atoms with Gasteiger partial charge in [0.1, 0.15) is 0 Å². The molecule has 0 aromatic heterocycles. The Labute approximate surface area is 122 Å². The summed E-state index contributed by atoms with van der Waals surface area (Å²) in [4.78, 5) is 22.7. The molecule has 1 unspecified atom stereocenters. The highest BCUT2D eigenvalue weighted by Crippen LogP contribution is 2.33. The molecule has 1 aliphatic rings. The van der Waals surface area contributed by atoms with E-state index in [-0.39, 0.29) is 22.7 Å². The Kier molecular flexibility index (Phi) is 4.49. The average Bonchev–Trinajstić information content (AvgIpc) is 3.14. The van der Waals surface area contributed by atoms with Crippen LogP contribution in [0.25, 0.3) is 0 Å². The van der Waals surface area contributed by atoms with E-state index in [0.29, 0.717) is 5.69 Å². The molecule has 20 heavy (non-hydrogen) atoms. The Morgan fingerprint density at radius 3 is 2.75 bits per heavy atom. The number of carbonyl (C=O) groups excluding carboxylic acids is 1. The highest BCUT2D eigenvalue weighted by Gasteiger charge is 2.24. The Hall–Kier alpha value is -1.75. The first-order valence-electron chi connectivity index (χ1n) is 6.56. The normalized spacial score (nSPS) is 15.5. The van der Waals surface area contributed by atoms with Crippen LogP contribution in [0, 0.1) is 5.92 Å². The molecule has 2 amide bonds. The third-order valence-electron chi connectivity index (χ3n) is 3.22. The minimum absolute atomic E-state index is 0.0319. The molecule has 5 nitrogen and oxygen atoms in total. The first kappa shape index (κ1) is 14.7. The number of halogens is 1. The molecule has 1 fully saturated rings. The van der Waals surface area contributed by atoms with Crippen molar-refractivity contribution >= 4 is 29.3 Å². The van der Waals surface area contributed by atoms with Crippen molar-refractivity contribution in [2.45, 2.75) is 32.2 Å². The number of urea groups is 1. The number of rotatable bonds is 5. The number of anilines is 1. The molecular weight excluding hydrogens is 280 g/mol. The zero-order chi connectivity index (χ0) is 14.7. The van der Waals surface area contributed by atoms with Crippen LogP contribution in [0.1, 0.15) is 36.5 Å². The van der Waals surface area contributed by atoms with E-state index in [4.69, 9.17) is 16.7 Å². The van der Waals surface area contributed by atoms with Gasteiger partial charge in [-0.25, -0.2) is 9.59 Å². The van der Waals surface area contributed by atoms with Gasteiger partial charge in [-0.3, -0.25) is 0 Å². The zero-order valence-corrected chi connectivity index (χ0v) is 11.9. The van der Waals surface area contributed by atoms with Crippen molar-refractivity contribution in [2.24, 2.45) is 5.92 Å². The van der Waals surface area contributed by atoms with E-state index < -0.39 is 5.97 Å². The van der Waals surface area contributed by atoms with E-state index in [0.717, 1.165) is 12.3 Å². The second-order valence-electron chi connectivity index (χ2n) is 5.18. The third kappa shape index (κ3) is 4.13. The van der Waals surface area contributed by atoms with Crippen molar-refractivity contribution in [1.82, 2.24) is 5.32 Å². The van der Waals surface area contributed by atoms with E-state index >= 15 is 0 Å². The predicted octanol–water partition coefficient (Wildman–Crippen LogP) is 3.35. The summed E-state index contributed by atoms with van der Waals surface area (Å²) >= 11 is 5.77. The van der Waals surface area contributed by atoms with Crippen LogP contribution in [0.3, 0.4) is 0 Å². The van der Waals surface area contributed by atoms with E-state index in [1.54, 1.807) is 6.07 Å². The number of nitrogens with one attached hydrogen (secondary N) is 2. The highest BCUT2D eigenvalue weighted by molar-refractivity contribution is 6.33. The number of aromatic carboxylic acids is 1. The van der Waals surface area contributed by atoms with Gasteiger partial charge in [0.05, 0.1) is 10.6 Å². The quantitative estimate of drug-likeness (QED) is 0.779. The van der Waals surface area contributed by atoms with E-state index in [2.05, 4.69) is 10.6 Å². The molecule has 0 bridgehead atoms. The summed E-state index contributed by atoms with van der Waals surface area (Å²) in [6.07, 6.45) is 3.47. The molecule has 2 rings (SSSR count). The molecule has 0 radical (unpaired) electrons. The molecule has 1 atom stereocenters. The van der Waals surface area contributed by atoms with Crippen molar-refractivity contribution < 1.29 is 14.7 Å². The number of hydrogen-bond donors (Lipinski definition) is 3. The lowest BCUT2D eigenvalue weighted by Crippen LogP contribution is -2.36. The van der Waals surface area contributed by atoms with E-state index in [1.165, 1.54) is 25.0 Å². The van der Waals surface area contributed by atoms with Crippen LogP contribution < -0.4 is 10.6 Å². The summed E-state index contributed by atoms with van der Waals surface area (Å²) in [7, 11) is 0. The van der Waals surface area contributed by atoms with Crippen LogP contribution in [0.4, 0.5) is 10.5 Å². The number of hydrogen-bond acceptors (Lipinski definition) is 2. The molecule has 1 aromatic carbocycles. The molecule has 0 heterocycles. The summed E-state index contributed by atoms with van der Waals surface area (Å²) in [6, 6.07) is 4.13. The second kappa shape index (κ2) is 6.13. The van der Waals surface area contributed by atoms with Gasteiger partial charge < -0.3 is 15.7 Å². The van der Waals surface area contributed by atoms with Gasteiger partial charge in [0.25, 0.3) is 0 Å². The molecule has 3 N–H and O–H groups in total. The van der Waals surface area contributed by atoms with Crippen LogP contribution in [-0.2, 0) is 0 Å². The lowest BCUT2D eigenvalue weighted by Gasteiger charge is -2.14. The first-order valence-corrected chi connectivity index (χ1v) is 6.94. The predicted molar refractivity (Wildman–Crippen MR) is 77.4 cm³/mol. The lowest BCUT2D eigenvalue weighted by atomic mass is 10.1. The number of benzene rings is 1. The standard InChI is InChI=1S/C14H17ClN2O3/c1-8(6-9-2-3-9)16-14(20)17-10-4-5-12(15)11(7-10)13(18)19/h4-5,7-9H,2-3,6H2,1H3,(H,18,19)(H2,16,17,20). The summed E-state index contributed by atoms with van der Waals surface area (Å²) < 4.78 is 0. The van der Waals surface area contributed by atoms with Gasteiger partial charge in [0.2, 0.25) is 0 Å². The highest BCUT2D eigenvalue weighted by atomic mass is 35.5. The largest absolute Gasteiger partial charge is 0.478 e. The fourth-order valence-electron chi connectivity index (χ4n) is 2.07. The molecule has 1 aliphatic carbocycles. The summed E-state index contributed by atoms with van der Waals surface area (Å²) in [5, 5.41) is 14.6. The van der Waals surface area contributed by atoms with Crippen LogP contribution in [-0.4, -0.2) is 23.1 Å². The summed E-state index contributed by atoms with van der Waals surface area (Å²) in [5.74, 6) is -0.388. The van der Waals surface area contributed by atoms with Gasteiger partial charge >= 0.3 is 12.0 Å². The molecule has 0 aliphatic heterocycles. The minimum atomic E-state index is -1.12. The molecule has 1 saturated carbocycles.